The molecule has 1 aliphatic heterocycles. The zero-order chi connectivity index (χ0) is 24.7. The Bertz CT molecular complexity index is 1200. The number of amides is 3. The van der Waals surface area contributed by atoms with Crippen LogP contribution in [-0.4, -0.2) is 41.2 Å². The van der Waals surface area contributed by atoms with E-state index < -0.39 is 36.4 Å². The van der Waals surface area contributed by atoms with Gasteiger partial charge in [0.1, 0.15) is 6.04 Å². The molecule has 2 bridgehead atoms. The van der Waals surface area contributed by atoms with E-state index in [0.717, 1.165) is 26.9 Å². The smallest absolute Gasteiger partial charge is 0.330 e. The Balaban J connectivity index is 1.32. The third kappa shape index (κ3) is 4.43. The Kier molecular flexibility index (Phi) is 6.32. The van der Waals surface area contributed by atoms with E-state index in [-0.39, 0.29) is 30.1 Å². The van der Waals surface area contributed by atoms with E-state index >= 15 is 0 Å². The molecule has 3 amide bonds. The van der Waals surface area contributed by atoms with Gasteiger partial charge in [0.15, 0.2) is 6.61 Å². The lowest BCUT2D eigenvalue weighted by Gasteiger charge is -2.26. The number of imide groups is 1. The molecule has 0 unspecified atom stereocenters. The van der Waals surface area contributed by atoms with Crippen molar-refractivity contribution in [1.29, 1.82) is 0 Å². The van der Waals surface area contributed by atoms with Crippen LogP contribution in [-0.2, 0) is 30.3 Å². The summed E-state index contributed by atoms with van der Waals surface area (Å²) in [5.74, 6) is -2.63. The largest absolute Gasteiger partial charge is 0.454 e. The van der Waals surface area contributed by atoms with Crippen molar-refractivity contribution < 1.29 is 23.9 Å². The lowest BCUT2D eigenvalue weighted by molar-refractivity contribution is -0.160. The number of rotatable bonds is 7. The standard InChI is InChI=1S/C27H25BrN2O5/c1-15-11-19(28)9-10-20(15)29-22(31)14-35-27(34)21(12-16-5-3-2-4-6-16)30-25(32)23-17-7-8-18(13-17)24(23)26(30)33/h2-11,17-18,21,23-24H,12-14H2,1H3,(H,29,31)/t17-,18-,21-,23-,24+/m0/s1. The van der Waals surface area contributed by atoms with Gasteiger partial charge in [0.2, 0.25) is 11.8 Å². The summed E-state index contributed by atoms with van der Waals surface area (Å²) in [4.78, 5) is 53.5. The Labute approximate surface area is 211 Å². The number of nitrogens with one attached hydrogen (secondary N) is 1. The second kappa shape index (κ2) is 9.41. The molecule has 5 rings (SSSR count). The third-order valence-electron chi connectivity index (χ3n) is 7.17. The van der Waals surface area contributed by atoms with Crippen LogP contribution in [0.5, 0.6) is 0 Å². The number of ether oxygens (including phenoxy) is 1. The first-order chi connectivity index (χ1) is 16.8. The highest BCUT2D eigenvalue weighted by atomic mass is 79.9. The van der Waals surface area contributed by atoms with Crippen molar-refractivity contribution >= 4 is 45.3 Å². The van der Waals surface area contributed by atoms with Crippen LogP contribution in [0, 0.1) is 30.6 Å². The van der Waals surface area contributed by atoms with E-state index in [1.807, 2.05) is 55.5 Å². The van der Waals surface area contributed by atoms with E-state index in [2.05, 4.69) is 21.2 Å². The molecule has 8 heteroatoms. The number of anilines is 1. The van der Waals surface area contributed by atoms with Crippen LogP contribution in [0.4, 0.5) is 5.69 Å². The molecule has 2 aromatic rings. The highest BCUT2D eigenvalue weighted by Crippen LogP contribution is 2.53. The number of fused-ring (bicyclic) bond motifs is 5. The van der Waals surface area contributed by atoms with Crippen molar-refractivity contribution in [3.8, 4) is 0 Å². The zero-order valence-corrected chi connectivity index (χ0v) is 20.7. The topological polar surface area (TPSA) is 92.8 Å². The second-order valence-electron chi connectivity index (χ2n) is 9.37. The number of likely N-dealkylation sites (tertiary alicyclic amines) is 1. The molecule has 5 atom stereocenters. The maximum atomic E-state index is 13.3. The number of hydrogen-bond acceptors (Lipinski definition) is 5. The number of nitrogens with zero attached hydrogens (tertiary/aromatic N) is 1. The molecule has 1 N–H and O–H groups in total. The van der Waals surface area contributed by atoms with Crippen molar-refractivity contribution in [3.63, 3.8) is 0 Å². The molecule has 1 saturated carbocycles. The van der Waals surface area contributed by atoms with E-state index in [1.165, 1.54) is 0 Å². The van der Waals surface area contributed by atoms with Gasteiger partial charge in [-0.3, -0.25) is 19.3 Å². The molecule has 180 valence electrons. The minimum Gasteiger partial charge on any atom is -0.454 e. The van der Waals surface area contributed by atoms with Crippen LogP contribution >= 0.6 is 15.9 Å². The van der Waals surface area contributed by atoms with Gasteiger partial charge in [-0.25, -0.2) is 4.79 Å². The molecular formula is C27H25BrN2O5. The highest BCUT2D eigenvalue weighted by molar-refractivity contribution is 9.10. The Hall–Kier alpha value is -3.26. The number of esters is 1. The lowest BCUT2D eigenvalue weighted by Crippen LogP contribution is -2.48. The predicted molar refractivity (Wildman–Crippen MR) is 132 cm³/mol. The normalized spacial score (nSPS) is 25.0. The van der Waals surface area contributed by atoms with Gasteiger partial charge in [-0.1, -0.05) is 58.4 Å². The summed E-state index contributed by atoms with van der Waals surface area (Å²) in [7, 11) is 0. The summed E-state index contributed by atoms with van der Waals surface area (Å²) in [5, 5.41) is 2.73. The number of aryl methyl sites for hydroxylation is 1. The SMILES string of the molecule is Cc1cc(Br)ccc1NC(=O)COC(=O)[C@H](Cc1ccccc1)N1C(=O)[C@@H]2[C@H](C1=O)[C@H]1C=C[C@H]2C1. The summed E-state index contributed by atoms with van der Waals surface area (Å²) in [5.41, 5.74) is 2.25. The van der Waals surface area contributed by atoms with Gasteiger partial charge in [0, 0.05) is 16.6 Å². The molecule has 1 saturated heterocycles. The van der Waals surface area contributed by atoms with E-state index in [9.17, 15) is 19.2 Å². The number of hydrogen-bond donors (Lipinski definition) is 1. The Morgan fingerprint density at radius 3 is 2.34 bits per heavy atom. The van der Waals surface area contributed by atoms with Crippen molar-refractivity contribution in [3.05, 3.63) is 76.3 Å². The van der Waals surface area contributed by atoms with Crippen LogP contribution in [0.1, 0.15) is 17.5 Å². The van der Waals surface area contributed by atoms with Gasteiger partial charge in [0.25, 0.3) is 5.91 Å². The average Bonchev–Trinajstić information content (AvgIpc) is 3.52. The molecule has 0 aromatic heterocycles. The molecule has 35 heavy (non-hydrogen) atoms. The van der Waals surface area contributed by atoms with Gasteiger partial charge < -0.3 is 10.1 Å². The predicted octanol–water partition coefficient (Wildman–Crippen LogP) is 3.66. The summed E-state index contributed by atoms with van der Waals surface area (Å²) in [6.45, 7) is 1.33. The molecule has 0 radical (unpaired) electrons. The number of carbonyl (C=O) groups is 4. The summed E-state index contributed by atoms with van der Waals surface area (Å²) in [6.07, 6.45) is 4.97. The Morgan fingerprint density at radius 2 is 1.71 bits per heavy atom. The molecule has 1 heterocycles. The molecule has 0 spiro atoms. The maximum absolute atomic E-state index is 13.3. The first-order valence-corrected chi connectivity index (χ1v) is 12.4. The van der Waals surface area contributed by atoms with Gasteiger partial charge >= 0.3 is 5.97 Å². The van der Waals surface area contributed by atoms with Crippen LogP contribution in [0.3, 0.4) is 0 Å². The minimum atomic E-state index is -1.12. The molecule has 7 nitrogen and oxygen atoms in total. The summed E-state index contributed by atoms with van der Waals surface area (Å²) >= 11 is 3.38. The first-order valence-electron chi connectivity index (χ1n) is 11.7. The minimum absolute atomic E-state index is 0.0415. The lowest BCUT2D eigenvalue weighted by atomic mass is 9.85. The Morgan fingerprint density at radius 1 is 1.06 bits per heavy atom. The summed E-state index contributed by atoms with van der Waals surface area (Å²) < 4.78 is 6.24. The van der Waals surface area contributed by atoms with Crippen LogP contribution < -0.4 is 5.32 Å². The van der Waals surface area contributed by atoms with E-state index in [0.29, 0.717) is 5.69 Å². The second-order valence-corrected chi connectivity index (χ2v) is 10.3. The molecule has 2 aromatic carbocycles. The molecule has 2 fully saturated rings. The average molecular weight is 537 g/mol. The van der Waals surface area contributed by atoms with Crippen molar-refractivity contribution in [2.75, 3.05) is 11.9 Å². The summed E-state index contributed by atoms with van der Waals surface area (Å²) in [6, 6.07) is 13.5. The van der Waals surface area contributed by atoms with Gasteiger partial charge in [-0.15, -0.1) is 0 Å². The molecule has 3 aliphatic rings. The molecular weight excluding hydrogens is 512 g/mol. The fraction of sp³-hybridized carbons (Fsp3) is 0.333. The highest BCUT2D eigenvalue weighted by Gasteiger charge is 2.61. The fourth-order valence-electron chi connectivity index (χ4n) is 5.54. The van der Waals surface area contributed by atoms with Crippen LogP contribution in [0.2, 0.25) is 0 Å². The van der Waals surface area contributed by atoms with Crippen LogP contribution in [0.25, 0.3) is 0 Å². The van der Waals surface area contributed by atoms with Crippen molar-refractivity contribution in [2.45, 2.75) is 25.8 Å². The fourth-order valence-corrected chi connectivity index (χ4v) is 6.01. The quantitative estimate of drug-likeness (QED) is 0.331. The third-order valence-corrected chi connectivity index (χ3v) is 7.66. The number of halogens is 1. The van der Waals surface area contributed by atoms with Crippen LogP contribution in [0.15, 0.2) is 65.2 Å². The van der Waals surface area contributed by atoms with E-state index in [1.54, 1.807) is 12.1 Å². The number of carbonyl (C=O) groups excluding carboxylic acids is 4. The number of allylic oxidation sites excluding steroid dienone is 2. The number of benzene rings is 2. The van der Waals surface area contributed by atoms with Gasteiger partial charge in [-0.05, 0) is 54.5 Å². The van der Waals surface area contributed by atoms with Crippen molar-refractivity contribution in [1.82, 2.24) is 4.90 Å². The van der Waals surface area contributed by atoms with Gasteiger partial charge in [0.05, 0.1) is 11.8 Å². The van der Waals surface area contributed by atoms with Crippen molar-refractivity contribution in [2.24, 2.45) is 23.7 Å². The first kappa shape index (κ1) is 23.5. The monoisotopic (exact) mass is 536 g/mol. The zero-order valence-electron chi connectivity index (χ0n) is 19.1. The van der Waals surface area contributed by atoms with Gasteiger partial charge in [-0.2, -0.15) is 0 Å². The van der Waals surface area contributed by atoms with E-state index in [4.69, 9.17) is 4.74 Å². The maximum Gasteiger partial charge on any atom is 0.330 e. The molecule has 2 aliphatic carbocycles.